The summed E-state index contributed by atoms with van der Waals surface area (Å²) in [5.74, 6) is 0.596. The van der Waals surface area contributed by atoms with Crippen LogP contribution in [0.5, 0.6) is 0 Å². The molecule has 0 spiro atoms. The number of thioether (sulfide) groups is 1. The van der Waals surface area contributed by atoms with Crippen molar-refractivity contribution in [3.05, 3.63) is 40.0 Å². The number of hydrogen-bond acceptors (Lipinski definition) is 6. The average Bonchev–Trinajstić information content (AvgIpc) is 2.97. The molecule has 1 N–H and O–H groups in total. The van der Waals surface area contributed by atoms with Crippen molar-refractivity contribution in [2.75, 3.05) is 0 Å². The largest absolute Gasteiger partial charge is 0.269 e. The number of thiazole rings is 1. The molecule has 3 aromatic heterocycles. The zero-order valence-electron chi connectivity index (χ0n) is 8.53. The molecule has 6 nitrogen and oxygen atoms in total. The molecule has 0 aliphatic carbocycles. The number of H-pyrrole nitrogens is 1. The van der Waals surface area contributed by atoms with Crippen molar-refractivity contribution in [3.63, 3.8) is 0 Å². The molecule has 0 saturated heterocycles. The first kappa shape index (κ1) is 10.5. The molecule has 3 heterocycles. The molecule has 0 aromatic carbocycles. The number of fused-ring (bicyclic) bond motifs is 1. The molecule has 17 heavy (non-hydrogen) atoms. The zero-order valence-corrected chi connectivity index (χ0v) is 10.2. The summed E-state index contributed by atoms with van der Waals surface area (Å²) in [6, 6.07) is 1.54. The summed E-state index contributed by atoms with van der Waals surface area (Å²) in [4.78, 5) is 20.8. The summed E-state index contributed by atoms with van der Waals surface area (Å²) in [5, 5.41) is 9.06. The molecular weight excluding hydrogens is 258 g/mol. The van der Waals surface area contributed by atoms with Crippen LogP contribution in [-0.2, 0) is 5.75 Å². The quantitative estimate of drug-likeness (QED) is 0.719. The molecule has 0 fully saturated rings. The molecule has 0 saturated carbocycles. The lowest BCUT2D eigenvalue weighted by Gasteiger charge is -1.98. The van der Waals surface area contributed by atoms with E-state index in [1.807, 2.05) is 5.38 Å². The third kappa shape index (κ3) is 2.08. The fourth-order valence-electron chi connectivity index (χ4n) is 1.37. The summed E-state index contributed by atoms with van der Waals surface area (Å²) in [6.07, 6.45) is 3.18. The van der Waals surface area contributed by atoms with Gasteiger partial charge in [-0.1, -0.05) is 11.8 Å². The SMILES string of the molecule is O=c1cc(CSc2ncn[nH]2)nc2sccn12. The van der Waals surface area contributed by atoms with E-state index < -0.39 is 0 Å². The van der Waals surface area contributed by atoms with Crippen molar-refractivity contribution in [1.82, 2.24) is 24.6 Å². The van der Waals surface area contributed by atoms with Crippen LogP contribution in [0.2, 0.25) is 0 Å². The van der Waals surface area contributed by atoms with Crippen molar-refractivity contribution < 1.29 is 0 Å². The Bertz CT molecular complexity index is 687. The van der Waals surface area contributed by atoms with Gasteiger partial charge in [-0.25, -0.2) is 9.97 Å². The van der Waals surface area contributed by atoms with Crippen LogP contribution < -0.4 is 5.56 Å². The van der Waals surface area contributed by atoms with E-state index in [9.17, 15) is 4.79 Å². The smallest absolute Gasteiger partial charge is 0.258 e. The summed E-state index contributed by atoms with van der Waals surface area (Å²) in [7, 11) is 0. The highest BCUT2D eigenvalue weighted by Crippen LogP contribution is 2.17. The van der Waals surface area contributed by atoms with Crippen LogP contribution >= 0.6 is 23.1 Å². The molecule has 8 heteroatoms. The maximum absolute atomic E-state index is 11.7. The molecule has 3 rings (SSSR count). The predicted octanol–water partition coefficient (Wildman–Crippen LogP) is 1.17. The second-order valence-electron chi connectivity index (χ2n) is 3.22. The van der Waals surface area contributed by atoms with E-state index in [2.05, 4.69) is 20.2 Å². The Morgan fingerprint density at radius 3 is 3.29 bits per heavy atom. The Kier molecular flexibility index (Phi) is 2.65. The van der Waals surface area contributed by atoms with Gasteiger partial charge in [0.2, 0.25) is 0 Å². The van der Waals surface area contributed by atoms with Crippen molar-refractivity contribution >= 4 is 28.1 Å². The van der Waals surface area contributed by atoms with E-state index in [1.165, 1.54) is 33.8 Å². The summed E-state index contributed by atoms with van der Waals surface area (Å²) in [6.45, 7) is 0. The highest BCUT2D eigenvalue weighted by molar-refractivity contribution is 7.98. The molecule has 3 aromatic rings. The maximum Gasteiger partial charge on any atom is 0.258 e. The van der Waals surface area contributed by atoms with Crippen molar-refractivity contribution in [1.29, 1.82) is 0 Å². The van der Waals surface area contributed by atoms with Gasteiger partial charge in [-0.15, -0.1) is 11.3 Å². The third-order valence-corrected chi connectivity index (χ3v) is 3.77. The Hall–Kier alpha value is -1.67. The Balaban J connectivity index is 1.88. The lowest BCUT2D eigenvalue weighted by molar-refractivity contribution is 0.969. The van der Waals surface area contributed by atoms with Gasteiger partial charge >= 0.3 is 0 Å². The summed E-state index contributed by atoms with van der Waals surface area (Å²) in [5.41, 5.74) is 0.697. The lowest BCUT2D eigenvalue weighted by Crippen LogP contribution is -2.12. The lowest BCUT2D eigenvalue weighted by atomic mass is 10.4. The number of aromatic nitrogens is 5. The summed E-state index contributed by atoms with van der Waals surface area (Å²) >= 11 is 2.91. The van der Waals surface area contributed by atoms with Gasteiger partial charge in [-0.3, -0.25) is 14.3 Å². The van der Waals surface area contributed by atoms with Gasteiger partial charge in [0, 0.05) is 23.4 Å². The molecular formula is C9H7N5OS2. The van der Waals surface area contributed by atoms with E-state index in [1.54, 1.807) is 12.3 Å². The normalized spacial score (nSPS) is 11.1. The van der Waals surface area contributed by atoms with E-state index in [0.29, 0.717) is 10.7 Å². The molecule has 0 unspecified atom stereocenters. The molecule has 86 valence electrons. The second-order valence-corrected chi connectivity index (χ2v) is 5.06. The minimum atomic E-state index is -0.0515. The van der Waals surface area contributed by atoms with Crippen LogP contribution in [0, 0.1) is 0 Å². The minimum absolute atomic E-state index is 0.0515. The average molecular weight is 265 g/mol. The zero-order chi connectivity index (χ0) is 11.7. The number of hydrogen-bond donors (Lipinski definition) is 1. The molecule has 0 bridgehead atoms. The van der Waals surface area contributed by atoms with E-state index >= 15 is 0 Å². The highest BCUT2D eigenvalue weighted by atomic mass is 32.2. The van der Waals surface area contributed by atoms with Crippen molar-refractivity contribution in [2.45, 2.75) is 10.9 Å². The standard InChI is InChI=1S/C9H7N5OS2/c15-7-3-6(4-17-8-10-5-11-13-8)12-9-14(7)1-2-16-9/h1-3,5H,4H2,(H,10,11,13). The van der Waals surface area contributed by atoms with Crippen LogP contribution in [0.1, 0.15) is 5.69 Å². The Labute approximate surface area is 104 Å². The summed E-state index contributed by atoms with van der Waals surface area (Å²) < 4.78 is 1.54. The monoisotopic (exact) mass is 265 g/mol. The van der Waals surface area contributed by atoms with Gasteiger partial charge in [0.1, 0.15) is 6.33 Å². The topological polar surface area (TPSA) is 75.9 Å². The van der Waals surface area contributed by atoms with Crippen molar-refractivity contribution in [3.8, 4) is 0 Å². The molecule has 0 atom stereocenters. The van der Waals surface area contributed by atoms with E-state index in [4.69, 9.17) is 0 Å². The third-order valence-electron chi connectivity index (χ3n) is 2.11. The first-order valence-corrected chi connectivity index (χ1v) is 6.63. The van der Waals surface area contributed by atoms with Gasteiger partial charge < -0.3 is 0 Å². The number of rotatable bonds is 3. The fraction of sp³-hybridized carbons (Fsp3) is 0.111. The predicted molar refractivity (Wildman–Crippen MR) is 65.3 cm³/mol. The molecule has 0 aliphatic heterocycles. The first-order valence-electron chi connectivity index (χ1n) is 4.77. The number of aromatic amines is 1. The minimum Gasteiger partial charge on any atom is -0.269 e. The van der Waals surface area contributed by atoms with E-state index in [-0.39, 0.29) is 5.56 Å². The van der Waals surface area contributed by atoms with Gasteiger partial charge in [-0.05, 0) is 0 Å². The first-order chi connectivity index (χ1) is 8.33. The maximum atomic E-state index is 11.7. The van der Waals surface area contributed by atoms with Gasteiger partial charge in [0.25, 0.3) is 5.56 Å². The van der Waals surface area contributed by atoms with Crippen LogP contribution in [0.25, 0.3) is 4.96 Å². The molecule has 0 amide bonds. The van der Waals surface area contributed by atoms with E-state index in [0.717, 1.165) is 10.9 Å². The van der Waals surface area contributed by atoms with Gasteiger partial charge in [0.05, 0.1) is 5.69 Å². The number of nitrogens with zero attached hydrogens (tertiary/aromatic N) is 4. The van der Waals surface area contributed by atoms with Gasteiger partial charge in [0.15, 0.2) is 10.1 Å². The van der Waals surface area contributed by atoms with Crippen LogP contribution in [0.15, 0.2) is 33.9 Å². The number of nitrogens with one attached hydrogen (secondary N) is 1. The fourth-order valence-corrected chi connectivity index (χ4v) is 2.78. The molecule has 0 radical (unpaired) electrons. The van der Waals surface area contributed by atoms with Gasteiger partial charge in [-0.2, -0.15) is 5.10 Å². The van der Waals surface area contributed by atoms with Crippen LogP contribution in [0.4, 0.5) is 0 Å². The second kappa shape index (κ2) is 4.30. The van der Waals surface area contributed by atoms with Crippen LogP contribution in [-0.4, -0.2) is 24.6 Å². The highest BCUT2D eigenvalue weighted by Gasteiger charge is 2.04. The Morgan fingerprint density at radius 2 is 2.47 bits per heavy atom. The van der Waals surface area contributed by atoms with Crippen LogP contribution in [0.3, 0.4) is 0 Å². The van der Waals surface area contributed by atoms with Crippen molar-refractivity contribution in [2.24, 2.45) is 0 Å². The molecule has 0 aliphatic rings. The Morgan fingerprint density at radius 1 is 1.53 bits per heavy atom.